The van der Waals surface area contributed by atoms with Crippen LogP contribution in [0.15, 0.2) is 29.2 Å². The summed E-state index contributed by atoms with van der Waals surface area (Å²) in [5.41, 5.74) is 4.53. The van der Waals surface area contributed by atoms with Crippen LogP contribution in [0.2, 0.25) is 0 Å². The van der Waals surface area contributed by atoms with E-state index in [1.165, 1.54) is 6.07 Å². The summed E-state index contributed by atoms with van der Waals surface area (Å²) in [6.07, 6.45) is 6.04. The van der Waals surface area contributed by atoms with Gasteiger partial charge in [0.1, 0.15) is 10.3 Å². The van der Waals surface area contributed by atoms with Gasteiger partial charge in [0.2, 0.25) is 11.8 Å². The number of hydrogen-bond donors (Lipinski definition) is 3. The molecule has 0 aromatic heterocycles. The Balaban J connectivity index is 1.91. The predicted octanol–water partition coefficient (Wildman–Crippen LogP) is 1.75. The van der Waals surface area contributed by atoms with Gasteiger partial charge >= 0.3 is 0 Å². The van der Waals surface area contributed by atoms with Crippen molar-refractivity contribution < 1.29 is 18.0 Å². The van der Waals surface area contributed by atoms with Crippen molar-refractivity contribution in [2.75, 3.05) is 11.9 Å². The average Bonchev–Trinajstić information content (AvgIpc) is 3.32. The number of benzene rings is 1. The van der Waals surface area contributed by atoms with Gasteiger partial charge in [0, 0.05) is 6.54 Å². The van der Waals surface area contributed by atoms with Crippen LogP contribution in [0.5, 0.6) is 0 Å². The van der Waals surface area contributed by atoms with E-state index in [2.05, 4.69) is 10.0 Å². The average molecular weight is 379 g/mol. The lowest BCUT2D eigenvalue weighted by Crippen LogP contribution is -2.44. The smallest absolute Gasteiger partial charge is 0.266 e. The molecule has 0 radical (unpaired) electrons. The zero-order valence-corrected chi connectivity index (χ0v) is 15.5. The van der Waals surface area contributed by atoms with Gasteiger partial charge in [0.25, 0.3) is 10.0 Å². The van der Waals surface area contributed by atoms with Crippen LogP contribution >= 0.6 is 0 Å². The first-order valence-corrected chi connectivity index (χ1v) is 10.6. The fourth-order valence-corrected chi connectivity index (χ4v) is 4.98. The molecule has 1 heterocycles. The second kappa shape index (κ2) is 7.26. The van der Waals surface area contributed by atoms with Gasteiger partial charge in [-0.1, -0.05) is 37.8 Å². The second-order valence-electron chi connectivity index (χ2n) is 7.15. The number of rotatable bonds is 1. The van der Waals surface area contributed by atoms with Crippen molar-refractivity contribution in [3.05, 3.63) is 24.3 Å². The minimum Gasteiger partial charge on any atom is -0.384 e. The Kier molecular flexibility index (Phi) is 5.22. The van der Waals surface area contributed by atoms with Gasteiger partial charge in [-0.25, -0.2) is 13.1 Å². The van der Waals surface area contributed by atoms with E-state index in [1.54, 1.807) is 18.2 Å². The molecule has 2 amide bonds. The van der Waals surface area contributed by atoms with Crippen LogP contribution in [0.4, 0.5) is 5.69 Å². The lowest BCUT2D eigenvalue weighted by molar-refractivity contribution is -0.135. The van der Waals surface area contributed by atoms with Crippen molar-refractivity contribution >= 4 is 27.5 Å². The Bertz CT molecular complexity index is 808. The highest BCUT2D eigenvalue weighted by molar-refractivity contribution is 7.90. The third-order valence-electron chi connectivity index (χ3n) is 5.40. The van der Waals surface area contributed by atoms with E-state index >= 15 is 0 Å². The highest BCUT2D eigenvalue weighted by Crippen LogP contribution is 2.55. The first-order valence-electron chi connectivity index (χ1n) is 9.08. The van der Waals surface area contributed by atoms with Gasteiger partial charge in [0.15, 0.2) is 0 Å². The molecule has 1 fully saturated rings. The molecule has 142 valence electrons. The van der Waals surface area contributed by atoms with E-state index in [0.717, 1.165) is 32.1 Å². The number of hydrogen-bond acceptors (Lipinski definition) is 5. The number of amides is 2. The van der Waals surface area contributed by atoms with Crippen LogP contribution in [0, 0.1) is 11.3 Å². The van der Waals surface area contributed by atoms with Gasteiger partial charge in [-0.2, -0.15) is 0 Å². The van der Waals surface area contributed by atoms with E-state index in [4.69, 9.17) is 5.73 Å². The van der Waals surface area contributed by atoms with Crippen LogP contribution in [-0.2, 0) is 19.6 Å². The highest BCUT2D eigenvalue weighted by atomic mass is 32.2. The summed E-state index contributed by atoms with van der Waals surface area (Å²) in [5, 5.41) is 3.13. The molecule has 3 rings (SSSR count). The Labute approximate surface area is 153 Å². The van der Waals surface area contributed by atoms with Crippen molar-refractivity contribution in [3.63, 3.8) is 0 Å². The van der Waals surface area contributed by atoms with Crippen LogP contribution in [0.3, 0.4) is 0 Å². The molecule has 0 bridgehead atoms. The summed E-state index contributed by atoms with van der Waals surface area (Å²) >= 11 is 0. The molecular weight excluding hydrogens is 354 g/mol. The van der Waals surface area contributed by atoms with Gasteiger partial charge < -0.3 is 11.1 Å². The lowest BCUT2D eigenvalue weighted by Gasteiger charge is -2.16. The zero-order chi connectivity index (χ0) is 18.8. The number of sulfonamides is 1. The fourth-order valence-electron chi connectivity index (χ4n) is 3.75. The SMILES string of the molecule is NC(=O)[C@@]12C[C@H]1CCCCCCCNc1ccccc1S(=O)(=O)NC2=O. The van der Waals surface area contributed by atoms with Crippen molar-refractivity contribution in [2.45, 2.75) is 49.8 Å². The van der Waals surface area contributed by atoms with Crippen LogP contribution < -0.4 is 15.8 Å². The number of primary amides is 1. The Hall–Kier alpha value is -2.09. The predicted molar refractivity (Wildman–Crippen MR) is 97.7 cm³/mol. The molecule has 1 aromatic carbocycles. The Morgan fingerprint density at radius 2 is 1.81 bits per heavy atom. The first-order chi connectivity index (χ1) is 12.4. The molecule has 26 heavy (non-hydrogen) atoms. The van der Waals surface area contributed by atoms with E-state index in [-0.39, 0.29) is 10.8 Å². The molecular formula is C18H25N3O4S. The first kappa shape index (κ1) is 18.7. The summed E-state index contributed by atoms with van der Waals surface area (Å²) in [7, 11) is -4.10. The maximum absolute atomic E-state index is 12.7. The Morgan fingerprint density at radius 3 is 2.58 bits per heavy atom. The van der Waals surface area contributed by atoms with Gasteiger partial charge in [-0.05, 0) is 37.3 Å². The van der Waals surface area contributed by atoms with Crippen LogP contribution in [-0.4, -0.2) is 26.8 Å². The summed E-state index contributed by atoms with van der Waals surface area (Å²) in [5.74, 6) is -1.72. The van der Waals surface area contributed by atoms with Crippen molar-refractivity contribution in [1.29, 1.82) is 0 Å². The molecule has 1 saturated carbocycles. The monoisotopic (exact) mass is 379 g/mol. The fraction of sp³-hybridized carbons (Fsp3) is 0.556. The third-order valence-corrected chi connectivity index (χ3v) is 6.79. The van der Waals surface area contributed by atoms with Crippen LogP contribution in [0.1, 0.15) is 44.9 Å². The number of fused-ring (bicyclic) bond motifs is 2. The molecule has 1 aliphatic heterocycles. The maximum Gasteiger partial charge on any atom is 0.266 e. The maximum atomic E-state index is 12.7. The normalized spacial score (nSPS) is 28.9. The van der Waals surface area contributed by atoms with E-state index in [0.29, 0.717) is 25.1 Å². The van der Waals surface area contributed by atoms with Gasteiger partial charge in [-0.15, -0.1) is 0 Å². The largest absolute Gasteiger partial charge is 0.384 e. The summed E-state index contributed by atoms with van der Waals surface area (Å²) in [6.45, 7) is 0.661. The van der Waals surface area contributed by atoms with Crippen molar-refractivity contribution in [1.82, 2.24) is 4.72 Å². The third kappa shape index (κ3) is 3.56. The Morgan fingerprint density at radius 1 is 1.12 bits per heavy atom. The molecule has 7 nitrogen and oxygen atoms in total. The van der Waals surface area contributed by atoms with Gasteiger partial charge in [0.05, 0.1) is 5.69 Å². The number of anilines is 1. The molecule has 4 N–H and O–H groups in total. The molecule has 1 aliphatic carbocycles. The molecule has 2 atom stereocenters. The van der Waals surface area contributed by atoms with Crippen molar-refractivity contribution in [3.8, 4) is 0 Å². The summed E-state index contributed by atoms with van der Waals surface area (Å²) < 4.78 is 27.6. The van der Waals surface area contributed by atoms with Crippen LogP contribution in [0.25, 0.3) is 0 Å². The van der Waals surface area contributed by atoms with E-state index in [9.17, 15) is 18.0 Å². The topological polar surface area (TPSA) is 118 Å². The zero-order valence-electron chi connectivity index (χ0n) is 14.7. The molecule has 0 saturated heterocycles. The number of nitrogens with one attached hydrogen (secondary N) is 2. The lowest BCUT2D eigenvalue weighted by atomic mass is 9.98. The molecule has 0 unspecified atom stereocenters. The van der Waals surface area contributed by atoms with Gasteiger partial charge in [-0.3, -0.25) is 9.59 Å². The number of carbonyl (C=O) groups is 2. The van der Waals surface area contributed by atoms with E-state index < -0.39 is 27.3 Å². The van der Waals surface area contributed by atoms with E-state index in [1.807, 2.05) is 0 Å². The quantitative estimate of drug-likeness (QED) is 0.643. The summed E-state index contributed by atoms with van der Waals surface area (Å²) in [4.78, 5) is 24.6. The molecule has 1 aromatic rings. The minimum absolute atomic E-state index is 0.0000392. The molecule has 0 spiro atoms. The van der Waals surface area contributed by atoms with Crippen molar-refractivity contribution in [2.24, 2.45) is 17.1 Å². The number of nitrogens with two attached hydrogens (primary N) is 1. The standard InChI is InChI=1S/C18H25N3O4S/c19-16(22)18-12-13(18)8-4-2-1-3-7-11-20-14-9-5-6-10-15(14)26(24,25)21-17(18)23/h5-6,9-10,13,20H,1-4,7-8,11-12H2,(H2,19,22)(H,21,23)/t13-,18-/m1/s1. The number of carbonyl (C=O) groups excluding carboxylic acids is 2. The summed E-state index contributed by atoms with van der Waals surface area (Å²) in [6, 6.07) is 6.44. The molecule has 2 aliphatic rings. The molecule has 8 heteroatoms. The second-order valence-corrected chi connectivity index (χ2v) is 8.80. The minimum atomic E-state index is -4.10. The number of para-hydroxylation sites is 1. The highest BCUT2D eigenvalue weighted by Gasteiger charge is 2.64.